The summed E-state index contributed by atoms with van der Waals surface area (Å²) in [5, 5.41) is 6.72. The van der Waals surface area contributed by atoms with Crippen molar-refractivity contribution in [2.45, 2.75) is 37.3 Å². The van der Waals surface area contributed by atoms with Gasteiger partial charge in [0.15, 0.2) is 0 Å². The highest BCUT2D eigenvalue weighted by molar-refractivity contribution is 6.30. The largest absolute Gasteiger partial charge is 0.495 e. The topological polar surface area (TPSA) is 75.7 Å². The highest BCUT2D eigenvalue weighted by Gasteiger charge is 2.36. The molecular weight excluding hydrogens is 428 g/mol. The Morgan fingerprint density at radius 2 is 1.97 bits per heavy atom. The van der Waals surface area contributed by atoms with Gasteiger partial charge >= 0.3 is 6.03 Å². The van der Waals surface area contributed by atoms with Gasteiger partial charge in [0.25, 0.3) is 0 Å². The van der Waals surface area contributed by atoms with Gasteiger partial charge in [-0.25, -0.2) is 4.79 Å². The second-order valence-electron chi connectivity index (χ2n) is 8.68. The molecule has 2 atom stereocenters. The summed E-state index contributed by atoms with van der Waals surface area (Å²) in [6, 6.07) is 10.8. The van der Waals surface area contributed by atoms with Crippen LogP contribution in [0.5, 0.6) is 5.75 Å². The summed E-state index contributed by atoms with van der Waals surface area (Å²) in [5.74, 6) is 1.51. The average molecular weight is 459 g/mol. The number of halogens is 1. The third-order valence-electron chi connectivity index (χ3n) is 6.53. The molecule has 0 spiro atoms. The van der Waals surface area contributed by atoms with Gasteiger partial charge in [0.05, 0.1) is 19.4 Å². The molecule has 1 aromatic heterocycles. The van der Waals surface area contributed by atoms with Crippen LogP contribution < -0.4 is 15.4 Å². The molecule has 2 fully saturated rings. The number of anilines is 1. The number of amides is 2. The highest BCUT2D eigenvalue weighted by atomic mass is 35.5. The first-order chi connectivity index (χ1) is 15.5. The van der Waals surface area contributed by atoms with E-state index in [0.717, 1.165) is 50.3 Å². The standard InChI is InChI=1S/C24H31ClN4O3/c1-31-19-7-8-22(26-13-19)21-15-29(14-16-11-20(12-16)32-2)10-9-23(21)28-24(30)27-18-5-3-17(25)4-6-18/h3-8,13,16,20-21,23H,9-12,14-15H2,1-2H3,(H2,27,28,30)/t16?,20?,21-,23+/m0/s1. The Bertz CT molecular complexity index is 887. The number of ether oxygens (including phenoxy) is 2. The molecule has 1 saturated carbocycles. The molecule has 2 aliphatic rings. The van der Waals surface area contributed by atoms with Crippen LogP contribution in [0.25, 0.3) is 0 Å². The minimum Gasteiger partial charge on any atom is -0.495 e. The molecule has 32 heavy (non-hydrogen) atoms. The Morgan fingerprint density at radius 1 is 1.19 bits per heavy atom. The number of nitrogens with one attached hydrogen (secondary N) is 2. The molecule has 2 heterocycles. The summed E-state index contributed by atoms with van der Waals surface area (Å²) in [7, 11) is 3.43. The molecule has 0 unspecified atom stereocenters. The van der Waals surface area contributed by atoms with Crippen LogP contribution in [0.15, 0.2) is 42.6 Å². The lowest BCUT2D eigenvalue weighted by molar-refractivity contribution is -0.0145. The molecule has 7 nitrogen and oxygen atoms in total. The number of nitrogens with zero attached hydrogens (tertiary/aromatic N) is 2. The molecule has 1 aromatic carbocycles. The maximum atomic E-state index is 12.7. The second-order valence-corrected chi connectivity index (χ2v) is 9.12. The van der Waals surface area contributed by atoms with Crippen molar-refractivity contribution in [1.82, 2.24) is 15.2 Å². The maximum absolute atomic E-state index is 12.7. The van der Waals surface area contributed by atoms with Crippen LogP contribution in [0.1, 0.15) is 30.9 Å². The van der Waals surface area contributed by atoms with Crippen molar-refractivity contribution in [2.24, 2.45) is 5.92 Å². The number of hydrogen-bond donors (Lipinski definition) is 2. The van der Waals surface area contributed by atoms with Gasteiger partial charge in [0, 0.05) is 55.1 Å². The summed E-state index contributed by atoms with van der Waals surface area (Å²) in [6.07, 6.45) is 5.28. The van der Waals surface area contributed by atoms with E-state index >= 15 is 0 Å². The lowest BCUT2D eigenvalue weighted by Crippen LogP contribution is -2.52. The van der Waals surface area contributed by atoms with E-state index in [4.69, 9.17) is 21.1 Å². The number of methoxy groups -OCH3 is 2. The van der Waals surface area contributed by atoms with Gasteiger partial charge in [-0.3, -0.25) is 4.98 Å². The van der Waals surface area contributed by atoms with Crippen LogP contribution in [0.2, 0.25) is 5.02 Å². The van der Waals surface area contributed by atoms with Crippen LogP contribution in [0, 0.1) is 5.92 Å². The minimum atomic E-state index is -0.216. The summed E-state index contributed by atoms with van der Waals surface area (Å²) in [4.78, 5) is 19.8. The Kier molecular flexibility index (Phi) is 7.50. The predicted octanol–water partition coefficient (Wildman–Crippen LogP) is 4.15. The van der Waals surface area contributed by atoms with Gasteiger partial charge in [0.2, 0.25) is 0 Å². The molecule has 0 bridgehead atoms. The molecule has 4 rings (SSSR count). The highest BCUT2D eigenvalue weighted by Crippen LogP contribution is 2.33. The lowest BCUT2D eigenvalue weighted by Gasteiger charge is -2.43. The fraction of sp³-hybridized carbons (Fsp3) is 0.500. The zero-order valence-electron chi connectivity index (χ0n) is 18.6. The van der Waals surface area contributed by atoms with Crippen molar-refractivity contribution in [3.8, 4) is 5.75 Å². The van der Waals surface area contributed by atoms with Crippen molar-refractivity contribution in [2.75, 3.05) is 39.2 Å². The zero-order valence-corrected chi connectivity index (χ0v) is 19.3. The van der Waals surface area contributed by atoms with E-state index in [2.05, 4.69) is 20.5 Å². The molecule has 1 saturated heterocycles. The van der Waals surface area contributed by atoms with Gasteiger partial charge < -0.3 is 25.0 Å². The first-order valence-electron chi connectivity index (χ1n) is 11.1. The number of rotatable bonds is 7. The van der Waals surface area contributed by atoms with E-state index in [1.165, 1.54) is 0 Å². The number of piperidine rings is 1. The van der Waals surface area contributed by atoms with Crippen LogP contribution in [0.3, 0.4) is 0 Å². The molecule has 1 aliphatic heterocycles. The number of benzene rings is 1. The zero-order chi connectivity index (χ0) is 22.5. The van der Waals surface area contributed by atoms with E-state index in [0.29, 0.717) is 22.7 Å². The molecular formula is C24H31ClN4O3. The first kappa shape index (κ1) is 22.8. The number of likely N-dealkylation sites (tertiary alicyclic amines) is 1. The third-order valence-corrected chi connectivity index (χ3v) is 6.78. The van der Waals surface area contributed by atoms with E-state index < -0.39 is 0 Å². The number of carbonyl (C=O) groups excluding carboxylic acids is 1. The number of pyridine rings is 1. The van der Waals surface area contributed by atoms with Crippen molar-refractivity contribution in [3.63, 3.8) is 0 Å². The molecule has 1 aliphatic carbocycles. The van der Waals surface area contributed by atoms with Gasteiger partial charge in [-0.1, -0.05) is 11.6 Å². The molecule has 2 amide bonds. The molecule has 2 aromatic rings. The Labute approximate surface area is 194 Å². The Morgan fingerprint density at radius 3 is 2.62 bits per heavy atom. The summed E-state index contributed by atoms with van der Waals surface area (Å²) >= 11 is 5.94. The quantitative estimate of drug-likeness (QED) is 0.652. The lowest BCUT2D eigenvalue weighted by atomic mass is 9.80. The van der Waals surface area contributed by atoms with E-state index in [-0.39, 0.29) is 18.0 Å². The van der Waals surface area contributed by atoms with Crippen LogP contribution in [0.4, 0.5) is 10.5 Å². The third kappa shape index (κ3) is 5.71. The number of hydrogen-bond acceptors (Lipinski definition) is 5. The Hall–Kier alpha value is -2.35. The average Bonchev–Trinajstić information content (AvgIpc) is 2.78. The van der Waals surface area contributed by atoms with Gasteiger partial charge in [0.1, 0.15) is 5.75 Å². The maximum Gasteiger partial charge on any atom is 0.319 e. The van der Waals surface area contributed by atoms with Crippen molar-refractivity contribution < 1.29 is 14.3 Å². The number of carbonyl (C=O) groups is 1. The summed E-state index contributed by atoms with van der Waals surface area (Å²) in [5.41, 5.74) is 1.68. The molecule has 8 heteroatoms. The van der Waals surface area contributed by atoms with Crippen molar-refractivity contribution in [1.29, 1.82) is 0 Å². The monoisotopic (exact) mass is 458 g/mol. The number of aromatic nitrogens is 1. The molecule has 0 radical (unpaired) electrons. The van der Waals surface area contributed by atoms with Crippen molar-refractivity contribution in [3.05, 3.63) is 53.3 Å². The summed E-state index contributed by atoms with van der Waals surface area (Å²) in [6.45, 7) is 2.88. The van der Waals surface area contributed by atoms with Gasteiger partial charge in [-0.05, 0) is 61.6 Å². The van der Waals surface area contributed by atoms with Crippen LogP contribution in [-0.4, -0.2) is 61.9 Å². The molecule has 2 N–H and O–H groups in total. The second kappa shape index (κ2) is 10.5. The van der Waals surface area contributed by atoms with Gasteiger partial charge in [-0.15, -0.1) is 0 Å². The molecule has 172 valence electrons. The van der Waals surface area contributed by atoms with Crippen molar-refractivity contribution >= 4 is 23.3 Å². The normalized spacial score (nSPS) is 25.6. The van der Waals surface area contributed by atoms with Crippen LogP contribution >= 0.6 is 11.6 Å². The predicted molar refractivity (Wildman–Crippen MR) is 126 cm³/mol. The van der Waals surface area contributed by atoms with Crippen LogP contribution in [-0.2, 0) is 4.74 Å². The number of urea groups is 1. The van der Waals surface area contributed by atoms with E-state index in [9.17, 15) is 4.79 Å². The SMILES string of the molecule is COc1ccc([C@@H]2CN(CC3CC(OC)C3)CC[C@H]2NC(=O)Nc2ccc(Cl)cc2)nc1. The van der Waals surface area contributed by atoms with Gasteiger partial charge in [-0.2, -0.15) is 0 Å². The fourth-order valence-corrected chi connectivity index (χ4v) is 4.77. The Balaban J connectivity index is 1.42. The fourth-order valence-electron chi connectivity index (χ4n) is 4.64. The minimum absolute atomic E-state index is 0.00689. The van der Waals surface area contributed by atoms with E-state index in [1.807, 2.05) is 12.1 Å². The summed E-state index contributed by atoms with van der Waals surface area (Å²) < 4.78 is 10.7. The smallest absolute Gasteiger partial charge is 0.319 e. The van der Waals surface area contributed by atoms with E-state index in [1.54, 1.807) is 44.7 Å². The first-order valence-corrected chi connectivity index (χ1v) is 11.5.